The van der Waals surface area contributed by atoms with Gasteiger partial charge in [-0.3, -0.25) is 14.4 Å². The third-order valence-corrected chi connectivity index (χ3v) is 15.3. The number of ether oxygens (including phenoxy) is 3. The van der Waals surface area contributed by atoms with Gasteiger partial charge in [-0.05, 0) is 44.9 Å². The minimum absolute atomic E-state index is 0.0660. The van der Waals surface area contributed by atoms with Crippen molar-refractivity contribution >= 4 is 17.9 Å². The third kappa shape index (κ3) is 60.9. The lowest BCUT2D eigenvalue weighted by molar-refractivity contribution is -0.167. The summed E-state index contributed by atoms with van der Waals surface area (Å²) in [4.78, 5) is 37.9. The summed E-state index contributed by atoms with van der Waals surface area (Å²) < 4.78 is 16.8. The summed E-state index contributed by atoms with van der Waals surface area (Å²) in [5, 5.41) is 0. The fraction of sp³-hybridized carbons (Fsp3) is 0.925. The summed E-state index contributed by atoms with van der Waals surface area (Å²) in [7, 11) is 0. The van der Waals surface area contributed by atoms with Crippen LogP contribution in [0, 0.1) is 0 Å². The molecular weight excluding hydrogens is 901 g/mol. The highest BCUT2D eigenvalue weighted by atomic mass is 16.6. The van der Waals surface area contributed by atoms with Gasteiger partial charge in [-0.1, -0.05) is 328 Å². The zero-order valence-corrected chi connectivity index (χ0v) is 49.7. The summed E-state index contributed by atoms with van der Waals surface area (Å²) in [5.74, 6) is -0.856. The maximum Gasteiger partial charge on any atom is 0.306 e. The second-order valence-electron chi connectivity index (χ2n) is 22.7. The molecule has 0 saturated carbocycles. The number of allylic oxidation sites excluding steroid dienone is 2. The minimum Gasteiger partial charge on any atom is -0.462 e. The van der Waals surface area contributed by atoms with Crippen molar-refractivity contribution in [2.45, 2.75) is 386 Å². The van der Waals surface area contributed by atoms with E-state index in [-0.39, 0.29) is 31.1 Å². The van der Waals surface area contributed by atoms with Gasteiger partial charge in [0.2, 0.25) is 0 Å². The molecule has 73 heavy (non-hydrogen) atoms. The second-order valence-corrected chi connectivity index (χ2v) is 22.7. The Balaban J connectivity index is 3.93. The molecule has 0 heterocycles. The molecule has 0 aliphatic heterocycles. The normalized spacial score (nSPS) is 12.0. The summed E-state index contributed by atoms with van der Waals surface area (Å²) in [6.45, 7) is 6.63. The molecule has 0 amide bonds. The lowest BCUT2D eigenvalue weighted by atomic mass is 10.0. The summed E-state index contributed by atoms with van der Waals surface area (Å²) in [5.41, 5.74) is 0. The quantitative estimate of drug-likeness (QED) is 0.0261. The standard InChI is InChI=1S/C67H128O6/c1-4-7-10-13-15-17-19-21-23-25-27-29-30-31-32-33-34-35-36-38-39-41-43-45-47-49-51-54-57-60-66(69)72-63-64(62-71-65(68)59-56-53-12-9-6-3)73-67(70)61-58-55-52-50-48-46-44-42-40-37-28-26-24-22-20-18-16-14-11-8-5-2/h26,28,64H,4-25,27,29-63H2,1-3H3/b28-26-. The molecule has 1 unspecified atom stereocenters. The number of unbranched alkanes of at least 4 members (excludes halogenated alkanes) is 49. The minimum atomic E-state index is -0.764. The highest BCUT2D eigenvalue weighted by Gasteiger charge is 2.19. The van der Waals surface area contributed by atoms with Crippen molar-refractivity contribution in [3.63, 3.8) is 0 Å². The van der Waals surface area contributed by atoms with Crippen molar-refractivity contribution in [1.29, 1.82) is 0 Å². The van der Waals surface area contributed by atoms with Crippen molar-refractivity contribution in [2.24, 2.45) is 0 Å². The Hall–Kier alpha value is -1.85. The predicted octanol–water partition coefficient (Wildman–Crippen LogP) is 22.4. The zero-order chi connectivity index (χ0) is 52.9. The SMILES string of the molecule is CCCCCCCCCC/C=C\CCCCCCCCCCCC(=O)OC(COC(=O)CCCCCCC)COC(=O)CCCCCCCCCCCCCCCCCCCCCCCCCCCCCCC. The van der Waals surface area contributed by atoms with Crippen LogP contribution >= 0.6 is 0 Å². The van der Waals surface area contributed by atoms with Gasteiger partial charge in [0.1, 0.15) is 13.2 Å². The van der Waals surface area contributed by atoms with Gasteiger partial charge in [0, 0.05) is 19.3 Å². The lowest BCUT2D eigenvalue weighted by Gasteiger charge is -2.18. The largest absolute Gasteiger partial charge is 0.462 e. The number of hydrogen-bond donors (Lipinski definition) is 0. The molecule has 0 bridgehead atoms. The van der Waals surface area contributed by atoms with Gasteiger partial charge < -0.3 is 14.2 Å². The van der Waals surface area contributed by atoms with Crippen molar-refractivity contribution in [3.8, 4) is 0 Å². The van der Waals surface area contributed by atoms with Crippen LogP contribution in [0.3, 0.4) is 0 Å². The Morgan fingerprint density at radius 1 is 0.260 bits per heavy atom. The molecule has 0 fully saturated rings. The molecule has 0 aromatic heterocycles. The van der Waals surface area contributed by atoms with Crippen molar-refractivity contribution in [1.82, 2.24) is 0 Å². The first kappa shape index (κ1) is 71.2. The van der Waals surface area contributed by atoms with E-state index in [4.69, 9.17) is 14.2 Å². The Morgan fingerprint density at radius 2 is 0.452 bits per heavy atom. The van der Waals surface area contributed by atoms with E-state index in [1.807, 2.05) is 0 Å². The first-order valence-electron chi connectivity index (χ1n) is 33.2. The Labute approximate surface area is 456 Å². The second kappa shape index (κ2) is 62.7. The van der Waals surface area contributed by atoms with Crippen molar-refractivity contribution < 1.29 is 28.6 Å². The maximum absolute atomic E-state index is 12.8. The van der Waals surface area contributed by atoms with Crippen LogP contribution in [0.15, 0.2) is 12.2 Å². The van der Waals surface area contributed by atoms with Crippen LogP contribution in [0.25, 0.3) is 0 Å². The topological polar surface area (TPSA) is 78.9 Å². The van der Waals surface area contributed by atoms with Gasteiger partial charge in [-0.25, -0.2) is 0 Å². The predicted molar refractivity (Wildman–Crippen MR) is 317 cm³/mol. The number of carbonyl (C=O) groups is 3. The molecule has 1 atom stereocenters. The van der Waals surface area contributed by atoms with Gasteiger partial charge in [0.25, 0.3) is 0 Å². The van der Waals surface area contributed by atoms with E-state index in [0.29, 0.717) is 19.3 Å². The van der Waals surface area contributed by atoms with Gasteiger partial charge in [0.15, 0.2) is 6.10 Å². The molecule has 0 spiro atoms. The summed E-state index contributed by atoms with van der Waals surface area (Å²) in [6, 6.07) is 0. The molecule has 0 aromatic carbocycles. The molecule has 6 nitrogen and oxygen atoms in total. The molecule has 0 N–H and O–H groups in total. The molecule has 0 radical (unpaired) electrons. The number of esters is 3. The van der Waals surface area contributed by atoms with Crippen LogP contribution in [-0.2, 0) is 28.6 Å². The fourth-order valence-corrected chi connectivity index (χ4v) is 10.3. The molecule has 6 heteroatoms. The van der Waals surface area contributed by atoms with E-state index >= 15 is 0 Å². The van der Waals surface area contributed by atoms with Crippen LogP contribution in [0.5, 0.6) is 0 Å². The van der Waals surface area contributed by atoms with E-state index in [1.54, 1.807) is 0 Å². The van der Waals surface area contributed by atoms with Crippen molar-refractivity contribution in [2.75, 3.05) is 13.2 Å². The zero-order valence-electron chi connectivity index (χ0n) is 49.7. The number of hydrogen-bond acceptors (Lipinski definition) is 6. The molecule has 0 rings (SSSR count). The first-order valence-corrected chi connectivity index (χ1v) is 33.2. The summed E-state index contributed by atoms with van der Waals surface area (Å²) in [6.07, 6.45) is 74.4. The molecular formula is C67H128O6. The average Bonchev–Trinajstić information content (AvgIpc) is 3.39. The molecule has 0 aromatic rings. The monoisotopic (exact) mass is 1030 g/mol. The highest BCUT2D eigenvalue weighted by molar-refractivity contribution is 5.71. The summed E-state index contributed by atoms with van der Waals surface area (Å²) >= 11 is 0. The Bertz CT molecular complexity index is 1130. The first-order chi connectivity index (χ1) is 36.0. The van der Waals surface area contributed by atoms with Crippen LogP contribution < -0.4 is 0 Å². The Kier molecular flexibility index (Phi) is 61.1. The van der Waals surface area contributed by atoms with E-state index in [0.717, 1.165) is 64.2 Å². The average molecular weight is 1030 g/mol. The Morgan fingerprint density at radius 3 is 0.685 bits per heavy atom. The van der Waals surface area contributed by atoms with Crippen LogP contribution in [0.4, 0.5) is 0 Å². The van der Waals surface area contributed by atoms with Crippen LogP contribution in [-0.4, -0.2) is 37.2 Å². The van der Waals surface area contributed by atoms with Gasteiger partial charge >= 0.3 is 17.9 Å². The molecule has 0 aliphatic carbocycles. The lowest BCUT2D eigenvalue weighted by Crippen LogP contribution is -2.30. The van der Waals surface area contributed by atoms with E-state index in [2.05, 4.69) is 32.9 Å². The van der Waals surface area contributed by atoms with Gasteiger partial charge in [-0.2, -0.15) is 0 Å². The van der Waals surface area contributed by atoms with Crippen LogP contribution in [0.2, 0.25) is 0 Å². The fourth-order valence-electron chi connectivity index (χ4n) is 10.3. The van der Waals surface area contributed by atoms with E-state index in [9.17, 15) is 14.4 Å². The molecule has 432 valence electrons. The van der Waals surface area contributed by atoms with Crippen molar-refractivity contribution in [3.05, 3.63) is 12.2 Å². The smallest absolute Gasteiger partial charge is 0.306 e. The molecule has 0 saturated heterocycles. The molecule has 0 aliphatic rings. The van der Waals surface area contributed by atoms with Crippen LogP contribution in [0.1, 0.15) is 380 Å². The van der Waals surface area contributed by atoms with Gasteiger partial charge in [-0.15, -0.1) is 0 Å². The number of rotatable bonds is 62. The van der Waals surface area contributed by atoms with E-state index < -0.39 is 6.10 Å². The third-order valence-electron chi connectivity index (χ3n) is 15.3. The number of carbonyl (C=O) groups excluding carboxylic acids is 3. The highest BCUT2D eigenvalue weighted by Crippen LogP contribution is 2.18. The van der Waals surface area contributed by atoms with Gasteiger partial charge in [0.05, 0.1) is 0 Å². The maximum atomic E-state index is 12.8. The van der Waals surface area contributed by atoms with E-state index in [1.165, 1.54) is 276 Å².